The van der Waals surface area contributed by atoms with Crippen molar-refractivity contribution in [2.75, 3.05) is 5.32 Å². The zero-order valence-electron chi connectivity index (χ0n) is 13.7. The number of nitrogens with zero attached hydrogens (tertiary/aromatic N) is 2. The van der Waals surface area contributed by atoms with Gasteiger partial charge in [0, 0.05) is 6.20 Å². The molecule has 8 heteroatoms. The molecule has 0 saturated heterocycles. The first-order valence-electron chi connectivity index (χ1n) is 7.37. The molecule has 2 aromatic rings. The van der Waals surface area contributed by atoms with Crippen LogP contribution in [0.4, 0.5) is 10.6 Å². The van der Waals surface area contributed by atoms with E-state index in [9.17, 15) is 9.59 Å². The Balaban J connectivity index is 1.86. The molecule has 8 nitrogen and oxygen atoms in total. The normalized spacial score (nSPS) is 10.2. The monoisotopic (exact) mass is 329 g/mol. The van der Waals surface area contributed by atoms with E-state index in [-0.39, 0.29) is 11.8 Å². The quantitative estimate of drug-likeness (QED) is 0.744. The van der Waals surface area contributed by atoms with Crippen molar-refractivity contribution in [3.05, 3.63) is 47.9 Å². The number of nitrogens with one attached hydrogen (secondary N) is 3. The van der Waals surface area contributed by atoms with Crippen LogP contribution in [0.5, 0.6) is 5.75 Å². The molecule has 0 aliphatic rings. The second-order valence-corrected chi connectivity index (χ2v) is 5.25. The van der Waals surface area contributed by atoms with Gasteiger partial charge in [-0.05, 0) is 44.5 Å². The van der Waals surface area contributed by atoms with Crippen LogP contribution in [0.15, 0.2) is 36.7 Å². The van der Waals surface area contributed by atoms with Crippen LogP contribution in [-0.4, -0.2) is 28.0 Å². The van der Waals surface area contributed by atoms with Crippen molar-refractivity contribution in [1.82, 2.24) is 20.8 Å². The van der Waals surface area contributed by atoms with Gasteiger partial charge in [-0.25, -0.2) is 20.2 Å². The number of aryl methyl sites for hydroxylation is 1. The lowest BCUT2D eigenvalue weighted by atomic mass is 10.3. The number of amides is 3. The Hall–Kier alpha value is -3.16. The average molecular weight is 329 g/mol. The van der Waals surface area contributed by atoms with Gasteiger partial charge >= 0.3 is 6.03 Å². The van der Waals surface area contributed by atoms with Crippen molar-refractivity contribution in [2.45, 2.75) is 26.9 Å². The number of hydrogen-bond donors (Lipinski definition) is 3. The molecule has 2 rings (SSSR count). The van der Waals surface area contributed by atoms with E-state index in [1.165, 1.54) is 12.3 Å². The molecule has 0 saturated carbocycles. The first-order valence-corrected chi connectivity index (χ1v) is 7.37. The molecule has 2 heterocycles. The van der Waals surface area contributed by atoms with Crippen molar-refractivity contribution in [1.29, 1.82) is 0 Å². The van der Waals surface area contributed by atoms with Gasteiger partial charge in [-0.3, -0.25) is 15.5 Å². The van der Waals surface area contributed by atoms with Gasteiger partial charge in [0.2, 0.25) is 0 Å². The van der Waals surface area contributed by atoms with Crippen LogP contribution in [-0.2, 0) is 0 Å². The Bertz CT molecular complexity index is 716. The first-order chi connectivity index (χ1) is 11.5. The van der Waals surface area contributed by atoms with Crippen LogP contribution in [0, 0.1) is 6.92 Å². The number of pyridine rings is 2. The fraction of sp³-hybridized carbons (Fsp3) is 0.250. The van der Waals surface area contributed by atoms with E-state index in [2.05, 4.69) is 26.1 Å². The van der Waals surface area contributed by atoms with Gasteiger partial charge in [0.25, 0.3) is 5.91 Å². The maximum absolute atomic E-state index is 11.9. The lowest BCUT2D eigenvalue weighted by Crippen LogP contribution is -2.44. The van der Waals surface area contributed by atoms with E-state index >= 15 is 0 Å². The molecular formula is C16H19N5O3. The minimum absolute atomic E-state index is 0.0203. The van der Waals surface area contributed by atoms with Gasteiger partial charge in [-0.2, -0.15) is 0 Å². The summed E-state index contributed by atoms with van der Waals surface area (Å²) in [6.07, 6.45) is 3.03. The minimum Gasteiger partial charge on any atom is -0.489 e. The predicted molar refractivity (Wildman–Crippen MR) is 88.6 cm³/mol. The summed E-state index contributed by atoms with van der Waals surface area (Å²) >= 11 is 0. The SMILES string of the molecule is Cc1cccnc1NC(=O)NNC(=O)c1ccc(OC(C)C)cn1. The van der Waals surface area contributed by atoms with Crippen LogP contribution >= 0.6 is 0 Å². The van der Waals surface area contributed by atoms with Gasteiger partial charge in [0.15, 0.2) is 0 Å². The second-order valence-electron chi connectivity index (χ2n) is 5.25. The third-order valence-corrected chi connectivity index (χ3v) is 2.87. The zero-order valence-corrected chi connectivity index (χ0v) is 13.7. The van der Waals surface area contributed by atoms with E-state index in [1.807, 2.05) is 26.8 Å². The molecule has 0 spiro atoms. The summed E-state index contributed by atoms with van der Waals surface area (Å²) in [5, 5.41) is 2.53. The number of anilines is 1. The van der Waals surface area contributed by atoms with Crippen molar-refractivity contribution >= 4 is 17.8 Å². The third kappa shape index (κ3) is 4.94. The number of carbonyl (C=O) groups excluding carboxylic acids is 2. The second kappa shape index (κ2) is 7.91. The highest BCUT2D eigenvalue weighted by atomic mass is 16.5. The smallest absolute Gasteiger partial charge is 0.339 e. The predicted octanol–water partition coefficient (Wildman–Crippen LogP) is 2.04. The molecule has 3 N–H and O–H groups in total. The molecule has 0 aliphatic carbocycles. The Kier molecular flexibility index (Phi) is 5.67. The Morgan fingerprint density at radius 3 is 2.54 bits per heavy atom. The fourth-order valence-electron chi connectivity index (χ4n) is 1.79. The third-order valence-electron chi connectivity index (χ3n) is 2.87. The molecule has 0 unspecified atom stereocenters. The van der Waals surface area contributed by atoms with Gasteiger partial charge in [0.1, 0.15) is 17.3 Å². The standard InChI is InChI=1S/C16H19N5O3/c1-10(2)24-12-6-7-13(18-9-12)15(22)20-21-16(23)19-14-11(3)5-4-8-17-14/h4-10H,1-3H3,(H,20,22)(H2,17,19,21,23). The molecule has 2 aromatic heterocycles. The van der Waals surface area contributed by atoms with Crippen molar-refractivity contribution in [2.24, 2.45) is 0 Å². The van der Waals surface area contributed by atoms with Crippen molar-refractivity contribution in [3.8, 4) is 5.75 Å². The number of urea groups is 1. The number of carbonyl (C=O) groups is 2. The lowest BCUT2D eigenvalue weighted by Gasteiger charge is -2.11. The van der Waals surface area contributed by atoms with Crippen LogP contribution in [0.25, 0.3) is 0 Å². The number of ether oxygens (including phenoxy) is 1. The lowest BCUT2D eigenvalue weighted by molar-refractivity contribution is 0.0933. The van der Waals surface area contributed by atoms with E-state index in [1.54, 1.807) is 18.3 Å². The first kappa shape index (κ1) is 17.2. The molecule has 0 aromatic carbocycles. The van der Waals surface area contributed by atoms with Gasteiger partial charge in [-0.15, -0.1) is 0 Å². The van der Waals surface area contributed by atoms with Crippen LogP contribution < -0.4 is 20.9 Å². The van der Waals surface area contributed by atoms with Crippen molar-refractivity contribution in [3.63, 3.8) is 0 Å². The topological polar surface area (TPSA) is 105 Å². The summed E-state index contributed by atoms with van der Waals surface area (Å²) < 4.78 is 5.44. The summed E-state index contributed by atoms with van der Waals surface area (Å²) in [7, 11) is 0. The highest BCUT2D eigenvalue weighted by Gasteiger charge is 2.10. The number of hydrogen-bond acceptors (Lipinski definition) is 5. The summed E-state index contributed by atoms with van der Waals surface area (Å²) in [5.41, 5.74) is 5.47. The largest absolute Gasteiger partial charge is 0.489 e. The maximum atomic E-state index is 11.9. The fourth-order valence-corrected chi connectivity index (χ4v) is 1.79. The van der Waals surface area contributed by atoms with E-state index in [4.69, 9.17) is 4.74 Å². The van der Waals surface area contributed by atoms with Crippen LogP contribution in [0.3, 0.4) is 0 Å². The molecule has 3 amide bonds. The van der Waals surface area contributed by atoms with Gasteiger partial charge in [-0.1, -0.05) is 6.07 Å². The molecule has 0 radical (unpaired) electrons. The molecular weight excluding hydrogens is 310 g/mol. The van der Waals surface area contributed by atoms with Crippen LogP contribution in [0.2, 0.25) is 0 Å². The maximum Gasteiger partial charge on any atom is 0.339 e. The Labute approximate surface area is 139 Å². The molecule has 126 valence electrons. The van der Waals surface area contributed by atoms with E-state index in [0.29, 0.717) is 11.6 Å². The van der Waals surface area contributed by atoms with Gasteiger partial charge < -0.3 is 4.74 Å². The number of aromatic nitrogens is 2. The minimum atomic E-state index is -0.607. The van der Waals surface area contributed by atoms with Gasteiger partial charge in [0.05, 0.1) is 12.3 Å². The number of rotatable bonds is 4. The Morgan fingerprint density at radius 1 is 1.12 bits per heavy atom. The molecule has 0 atom stereocenters. The Morgan fingerprint density at radius 2 is 1.92 bits per heavy atom. The highest BCUT2D eigenvalue weighted by Crippen LogP contribution is 2.11. The summed E-state index contributed by atoms with van der Waals surface area (Å²) in [6.45, 7) is 5.60. The molecule has 0 bridgehead atoms. The molecule has 24 heavy (non-hydrogen) atoms. The highest BCUT2D eigenvalue weighted by molar-refractivity contribution is 5.95. The molecule has 0 aliphatic heterocycles. The summed E-state index contributed by atoms with van der Waals surface area (Å²) in [4.78, 5) is 31.7. The van der Waals surface area contributed by atoms with E-state index < -0.39 is 11.9 Å². The molecule has 0 fully saturated rings. The zero-order chi connectivity index (χ0) is 17.5. The average Bonchev–Trinajstić information content (AvgIpc) is 2.55. The van der Waals surface area contributed by atoms with Crippen molar-refractivity contribution < 1.29 is 14.3 Å². The number of hydrazine groups is 1. The van der Waals surface area contributed by atoms with E-state index in [0.717, 1.165) is 5.56 Å². The summed E-state index contributed by atoms with van der Waals surface area (Å²) in [6, 6.07) is 6.11. The van der Waals surface area contributed by atoms with Crippen LogP contribution in [0.1, 0.15) is 29.9 Å². The summed E-state index contributed by atoms with van der Waals surface area (Å²) in [5.74, 6) is 0.439.